The van der Waals surface area contributed by atoms with E-state index in [2.05, 4.69) is 182 Å². The molecule has 0 fully saturated rings. The van der Waals surface area contributed by atoms with Crippen LogP contribution in [-0.2, 0) is 0 Å². The third kappa shape index (κ3) is 8.86. The summed E-state index contributed by atoms with van der Waals surface area (Å²) in [6, 6.07) is 68.0. The smallest absolute Gasteiger partial charge is 0.112 e. The van der Waals surface area contributed by atoms with Crippen LogP contribution in [0.3, 0.4) is 0 Å². The first kappa shape index (κ1) is 38.4. The minimum atomic E-state index is -1.73. The van der Waals surface area contributed by atoms with Crippen LogP contribution in [0.1, 0.15) is 38.5 Å². The highest BCUT2D eigenvalue weighted by atomic mass is 127. The van der Waals surface area contributed by atoms with E-state index >= 15 is 0 Å². The van der Waals surface area contributed by atoms with Crippen LogP contribution >= 0.6 is 14.5 Å². The molecule has 48 heavy (non-hydrogen) atoms. The number of benzene rings is 6. The molecule has 6 rings (SSSR count). The Balaban J connectivity index is 0.00000260. The molecule has 0 aliphatic carbocycles. The largest absolute Gasteiger partial charge is 1.00 e. The Morgan fingerprint density at radius 3 is 0.583 bits per heavy atom. The molecule has 0 heterocycles. The molecule has 4 heteroatoms. The molecule has 0 atom stereocenters. The molecule has 0 aliphatic heterocycles. The van der Waals surface area contributed by atoms with Gasteiger partial charge in [-0.2, -0.15) is 0 Å². The van der Waals surface area contributed by atoms with Gasteiger partial charge in [-0.1, -0.05) is 122 Å². The molecular weight excluding hydrogens is 844 g/mol. The van der Waals surface area contributed by atoms with Crippen molar-refractivity contribution in [3.05, 3.63) is 182 Å². The molecule has 0 amide bonds. The predicted octanol–water partition coefficient (Wildman–Crippen LogP) is 3.32. The SMILES string of the molecule is [I-].[I-].c1ccc([P+](CCCCCCCC[P+](c2ccccc2)(c2ccccc2)c2ccccc2)(c2ccccc2)c2ccccc2)cc1. The van der Waals surface area contributed by atoms with Crippen molar-refractivity contribution in [3.63, 3.8) is 0 Å². The first-order valence-electron chi connectivity index (χ1n) is 16.9. The summed E-state index contributed by atoms with van der Waals surface area (Å²) >= 11 is 0. The summed E-state index contributed by atoms with van der Waals surface area (Å²) in [6.07, 6.45) is 10.1. The van der Waals surface area contributed by atoms with Crippen molar-refractivity contribution in [2.45, 2.75) is 38.5 Å². The second kappa shape index (κ2) is 19.7. The number of rotatable bonds is 15. The fourth-order valence-electron chi connectivity index (χ4n) is 7.17. The molecule has 0 aromatic heterocycles. The number of hydrogen-bond acceptors (Lipinski definition) is 0. The Bertz CT molecular complexity index is 1390. The summed E-state index contributed by atoms with van der Waals surface area (Å²) in [7, 11) is -3.47. The normalized spacial score (nSPS) is 11.2. The van der Waals surface area contributed by atoms with E-state index in [1.54, 1.807) is 0 Å². The highest BCUT2D eigenvalue weighted by Gasteiger charge is 2.45. The first-order chi connectivity index (χ1) is 22.8. The van der Waals surface area contributed by atoms with Gasteiger partial charge in [-0.25, -0.2) is 0 Å². The second-order valence-corrected chi connectivity index (χ2v) is 19.4. The van der Waals surface area contributed by atoms with E-state index in [1.807, 2.05) is 0 Å². The number of unbranched alkanes of at least 4 members (excludes halogenated alkanes) is 5. The molecule has 246 valence electrons. The van der Waals surface area contributed by atoms with E-state index in [0.717, 1.165) is 0 Å². The molecular formula is C44H46I2P2. The predicted molar refractivity (Wildman–Crippen MR) is 208 cm³/mol. The standard InChI is InChI=1S/C44H46P2.2HI/c1(3-23-37-45(39-25-11-5-12-26-39,40-27-13-6-14-28-40)41-29-15-7-16-30-41)2-4-24-38-46(42-31-17-8-18-32-42,43-33-19-9-20-34-43)44-35-21-10-22-36-44;;/h5-22,25-36H,1-4,23-24,37-38H2;2*1H/q+2;;/p-2. The topological polar surface area (TPSA) is 0 Å². The molecule has 0 saturated carbocycles. The van der Waals surface area contributed by atoms with Crippen molar-refractivity contribution in [2.75, 3.05) is 12.3 Å². The number of hydrogen-bond donors (Lipinski definition) is 0. The van der Waals surface area contributed by atoms with Gasteiger partial charge in [-0.15, -0.1) is 0 Å². The highest BCUT2D eigenvalue weighted by Crippen LogP contribution is 2.57. The van der Waals surface area contributed by atoms with Crippen LogP contribution in [0.4, 0.5) is 0 Å². The fraction of sp³-hybridized carbons (Fsp3) is 0.182. The summed E-state index contributed by atoms with van der Waals surface area (Å²) in [5.41, 5.74) is 0. The first-order valence-corrected chi connectivity index (χ1v) is 20.9. The molecule has 0 saturated heterocycles. The van der Waals surface area contributed by atoms with Crippen LogP contribution in [0.5, 0.6) is 0 Å². The lowest BCUT2D eigenvalue weighted by molar-refractivity contribution is -0.00100. The lowest BCUT2D eigenvalue weighted by atomic mass is 10.1. The zero-order valence-corrected chi connectivity index (χ0v) is 33.7. The molecule has 0 nitrogen and oxygen atoms in total. The van der Waals surface area contributed by atoms with Crippen LogP contribution in [-0.4, -0.2) is 12.3 Å². The van der Waals surface area contributed by atoms with Gasteiger partial charge in [0.05, 0.1) is 12.3 Å². The Labute approximate surface area is 324 Å². The van der Waals surface area contributed by atoms with E-state index < -0.39 is 14.5 Å². The average Bonchev–Trinajstić information content (AvgIpc) is 3.15. The van der Waals surface area contributed by atoms with Gasteiger partial charge in [0.15, 0.2) is 0 Å². The molecule has 0 bridgehead atoms. The zero-order chi connectivity index (χ0) is 31.3. The van der Waals surface area contributed by atoms with Crippen molar-refractivity contribution < 1.29 is 48.0 Å². The van der Waals surface area contributed by atoms with E-state index in [1.165, 1.54) is 82.7 Å². The second-order valence-electron chi connectivity index (χ2n) is 12.2. The van der Waals surface area contributed by atoms with Crippen molar-refractivity contribution in [1.29, 1.82) is 0 Å². The van der Waals surface area contributed by atoms with Gasteiger partial charge in [0.1, 0.15) is 46.4 Å². The Kier molecular flexibility index (Phi) is 15.8. The van der Waals surface area contributed by atoms with Crippen LogP contribution < -0.4 is 79.8 Å². The average molecular weight is 891 g/mol. The summed E-state index contributed by atoms with van der Waals surface area (Å²) < 4.78 is 0. The van der Waals surface area contributed by atoms with Gasteiger partial charge in [-0.3, -0.25) is 0 Å². The molecule has 6 aromatic rings. The third-order valence-corrected chi connectivity index (χ3v) is 18.5. The fourth-order valence-corrected chi connectivity index (χ4v) is 16.0. The van der Waals surface area contributed by atoms with Crippen LogP contribution in [0.15, 0.2) is 182 Å². The summed E-state index contributed by atoms with van der Waals surface area (Å²) in [4.78, 5) is 0. The molecule has 0 unspecified atom stereocenters. The van der Waals surface area contributed by atoms with Gasteiger partial charge in [-0.05, 0) is 98.5 Å². The summed E-state index contributed by atoms with van der Waals surface area (Å²) in [5, 5.41) is 8.97. The molecule has 0 radical (unpaired) electrons. The van der Waals surface area contributed by atoms with E-state index in [-0.39, 0.29) is 48.0 Å². The van der Waals surface area contributed by atoms with Crippen molar-refractivity contribution in [2.24, 2.45) is 0 Å². The van der Waals surface area contributed by atoms with Gasteiger partial charge in [0.25, 0.3) is 0 Å². The highest BCUT2D eigenvalue weighted by molar-refractivity contribution is 7.96. The molecule has 0 spiro atoms. The molecule has 0 N–H and O–H groups in total. The quantitative estimate of drug-likeness (QED) is 0.0845. The van der Waals surface area contributed by atoms with Gasteiger partial charge in [0, 0.05) is 0 Å². The third-order valence-electron chi connectivity index (χ3n) is 9.42. The Hall–Kier alpha value is -2.36. The minimum absolute atomic E-state index is 0. The Morgan fingerprint density at radius 1 is 0.229 bits per heavy atom. The maximum absolute atomic E-state index is 2.37. The lowest BCUT2D eigenvalue weighted by Gasteiger charge is -2.28. The maximum atomic E-state index is 2.37. The van der Waals surface area contributed by atoms with E-state index in [4.69, 9.17) is 0 Å². The van der Waals surface area contributed by atoms with Crippen molar-refractivity contribution in [1.82, 2.24) is 0 Å². The van der Waals surface area contributed by atoms with Crippen LogP contribution in [0.25, 0.3) is 0 Å². The van der Waals surface area contributed by atoms with Crippen molar-refractivity contribution in [3.8, 4) is 0 Å². The van der Waals surface area contributed by atoms with Crippen LogP contribution in [0.2, 0.25) is 0 Å². The van der Waals surface area contributed by atoms with E-state index in [0.29, 0.717) is 0 Å². The maximum Gasteiger partial charge on any atom is 0.112 e. The van der Waals surface area contributed by atoms with Gasteiger partial charge < -0.3 is 48.0 Å². The van der Waals surface area contributed by atoms with Crippen molar-refractivity contribution >= 4 is 46.4 Å². The lowest BCUT2D eigenvalue weighted by Crippen LogP contribution is -3.00. The summed E-state index contributed by atoms with van der Waals surface area (Å²) in [6.45, 7) is 0. The zero-order valence-electron chi connectivity index (χ0n) is 27.6. The molecule has 6 aromatic carbocycles. The molecule has 0 aliphatic rings. The monoisotopic (exact) mass is 890 g/mol. The van der Waals surface area contributed by atoms with E-state index in [9.17, 15) is 0 Å². The summed E-state index contributed by atoms with van der Waals surface area (Å²) in [5.74, 6) is 0. The minimum Gasteiger partial charge on any atom is -1.00 e. The van der Waals surface area contributed by atoms with Gasteiger partial charge >= 0.3 is 0 Å². The Morgan fingerprint density at radius 2 is 0.396 bits per heavy atom. The van der Waals surface area contributed by atoms with Gasteiger partial charge in [0.2, 0.25) is 0 Å². The van der Waals surface area contributed by atoms with Crippen LogP contribution in [0, 0.1) is 0 Å². The number of halogens is 2.